The van der Waals surface area contributed by atoms with Crippen LogP contribution in [0.4, 0.5) is 10.1 Å². The molecule has 1 fully saturated rings. The molecular formula is C14H22FN3. The van der Waals surface area contributed by atoms with Crippen LogP contribution in [0.3, 0.4) is 0 Å². The first-order chi connectivity index (χ1) is 8.61. The third kappa shape index (κ3) is 2.82. The number of halogens is 1. The fourth-order valence-electron chi connectivity index (χ4n) is 2.56. The Labute approximate surface area is 108 Å². The summed E-state index contributed by atoms with van der Waals surface area (Å²) in [7, 11) is 2.16. The molecule has 1 heterocycles. The summed E-state index contributed by atoms with van der Waals surface area (Å²) in [5.41, 5.74) is 6.55. The molecule has 1 atom stereocenters. The summed E-state index contributed by atoms with van der Waals surface area (Å²) < 4.78 is 13.9. The van der Waals surface area contributed by atoms with Crippen LogP contribution in [0.25, 0.3) is 0 Å². The molecule has 3 nitrogen and oxygen atoms in total. The number of benzene rings is 1. The van der Waals surface area contributed by atoms with Crippen molar-refractivity contribution < 1.29 is 4.39 Å². The highest BCUT2D eigenvalue weighted by Crippen LogP contribution is 2.19. The molecule has 100 valence electrons. The second-order valence-corrected chi connectivity index (χ2v) is 5.10. The van der Waals surface area contributed by atoms with Crippen molar-refractivity contribution >= 4 is 5.69 Å². The second kappa shape index (κ2) is 5.67. The molecule has 0 amide bonds. The maximum Gasteiger partial charge on any atom is 0.150 e. The number of nitrogens with two attached hydrogens (primary N) is 1. The van der Waals surface area contributed by atoms with Gasteiger partial charge in [0, 0.05) is 37.8 Å². The van der Waals surface area contributed by atoms with Gasteiger partial charge >= 0.3 is 0 Å². The van der Waals surface area contributed by atoms with E-state index in [1.165, 1.54) is 0 Å². The standard InChI is InChI=1S/C14H22FN3/c1-3-12-10-18(8-7-17(12)2)9-11-5-4-6-13(16)14(11)15/h4-6,12H,3,7-10,16H2,1-2H3. The van der Waals surface area contributed by atoms with Crippen LogP contribution in [0.1, 0.15) is 18.9 Å². The molecule has 2 N–H and O–H groups in total. The lowest BCUT2D eigenvalue weighted by molar-refractivity contribution is 0.0876. The topological polar surface area (TPSA) is 32.5 Å². The highest BCUT2D eigenvalue weighted by molar-refractivity contribution is 5.42. The lowest BCUT2D eigenvalue weighted by atomic mass is 10.1. The van der Waals surface area contributed by atoms with E-state index in [0.717, 1.165) is 26.1 Å². The zero-order chi connectivity index (χ0) is 13.1. The fraction of sp³-hybridized carbons (Fsp3) is 0.571. The molecule has 4 heteroatoms. The van der Waals surface area contributed by atoms with Gasteiger partial charge in [-0.1, -0.05) is 19.1 Å². The number of piperazine rings is 1. The molecule has 1 aromatic rings. The summed E-state index contributed by atoms with van der Waals surface area (Å²) in [6.07, 6.45) is 1.13. The number of likely N-dealkylation sites (N-methyl/N-ethyl adjacent to an activating group) is 1. The van der Waals surface area contributed by atoms with Gasteiger partial charge in [-0.3, -0.25) is 4.90 Å². The summed E-state index contributed by atoms with van der Waals surface area (Å²) in [6.45, 7) is 5.89. The van der Waals surface area contributed by atoms with Crippen LogP contribution in [0, 0.1) is 5.82 Å². The van der Waals surface area contributed by atoms with E-state index >= 15 is 0 Å². The lowest BCUT2D eigenvalue weighted by Crippen LogP contribution is -2.50. The van der Waals surface area contributed by atoms with Gasteiger partial charge in [0.15, 0.2) is 5.82 Å². The average molecular weight is 251 g/mol. The van der Waals surface area contributed by atoms with Crippen molar-refractivity contribution in [2.75, 3.05) is 32.4 Å². The summed E-state index contributed by atoms with van der Waals surface area (Å²) >= 11 is 0. The van der Waals surface area contributed by atoms with Crippen LogP contribution < -0.4 is 5.73 Å². The molecule has 1 aliphatic rings. The predicted octanol–water partition coefficient (Wildman–Crippen LogP) is 1.93. The minimum Gasteiger partial charge on any atom is -0.396 e. The first-order valence-corrected chi connectivity index (χ1v) is 6.57. The SMILES string of the molecule is CCC1CN(Cc2cccc(N)c2F)CCN1C. The number of anilines is 1. The van der Waals surface area contributed by atoms with E-state index in [1.54, 1.807) is 6.07 Å². The van der Waals surface area contributed by atoms with Crippen molar-refractivity contribution in [3.8, 4) is 0 Å². The smallest absolute Gasteiger partial charge is 0.150 e. The van der Waals surface area contributed by atoms with Crippen molar-refractivity contribution in [2.24, 2.45) is 0 Å². The molecule has 0 spiro atoms. The van der Waals surface area contributed by atoms with E-state index in [1.807, 2.05) is 12.1 Å². The van der Waals surface area contributed by atoms with Crippen LogP contribution >= 0.6 is 0 Å². The zero-order valence-corrected chi connectivity index (χ0v) is 11.2. The number of nitrogens with zero attached hydrogens (tertiary/aromatic N) is 2. The minimum atomic E-state index is -0.260. The lowest BCUT2D eigenvalue weighted by Gasteiger charge is -2.39. The molecule has 0 aromatic heterocycles. The van der Waals surface area contributed by atoms with Crippen LogP contribution in [0.15, 0.2) is 18.2 Å². The highest BCUT2D eigenvalue weighted by atomic mass is 19.1. The van der Waals surface area contributed by atoms with E-state index < -0.39 is 0 Å². The zero-order valence-electron chi connectivity index (χ0n) is 11.2. The van der Waals surface area contributed by atoms with Gasteiger partial charge in [0.25, 0.3) is 0 Å². The third-order valence-electron chi connectivity index (χ3n) is 3.83. The Kier molecular flexibility index (Phi) is 4.19. The molecule has 0 aliphatic carbocycles. The fourth-order valence-corrected chi connectivity index (χ4v) is 2.56. The number of rotatable bonds is 3. The van der Waals surface area contributed by atoms with E-state index in [-0.39, 0.29) is 11.5 Å². The van der Waals surface area contributed by atoms with Gasteiger partial charge in [0.2, 0.25) is 0 Å². The molecule has 0 saturated carbocycles. The van der Waals surface area contributed by atoms with Crippen molar-refractivity contribution in [1.29, 1.82) is 0 Å². The summed E-state index contributed by atoms with van der Waals surface area (Å²) in [5.74, 6) is -0.260. The van der Waals surface area contributed by atoms with Gasteiger partial charge in [-0.25, -0.2) is 4.39 Å². The predicted molar refractivity (Wildman–Crippen MR) is 72.8 cm³/mol. The van der Waals surface area contributed by atoms with Crippen LogP contribution in [-0.4, -0.2) is 42.5 Å². The van der Waals surface area contributed by atoms with Gasteiger partial charge in [0.1, 0.15) is 0 Å². The first kappa shape index (κ1) is 13.3. The van der Waals surface area contributed by atoms with Gasteiger partial charge in [0.05, 0.1) is 5.69 Å². The molecule has 1 aromatic carbocycles. The van der Waals surface area contributed by atoms with Crippen molar-refractivity contribution in [3.05, 3.63) is 29.6 Å². The van der Waals surface area contributed by atoms with Gasteiger partial charge in [-0.2, -0.15) is 0 Å². The van der Waals surface area contributed by atoms with E-state index in [0.29, 0.717) is 18.2 Å². The Morgan fingerprint density at radius 1 is 1.39 bits per heavy atom. The Morgan fingerprint density at radius 3 is 2.89 bits per heavy atom. The second-order valence-electron chi connectivity index (χ2n) is 5.10. The van der Waals surface area contributed by atoms with Crippen LogP contribution in [0.2, 0.25) is 0 Å². The maximum atomic E-state index is 13.9. The summed E-state index contributed by atoms with van der Waals surface area (Å²) in [4.78, 5) is 4.69. The Balaban J connectivity index is 2.03. The van der Waals surface area contributed by atoms with E-state index in [2.05, 4.69) is 23.8 Å². The molecule has 2 rings (SSSR count). The molecule has 1 unspecified atom stereocenters. The Bertz CT molecular complexity index is 408. The summed E-state index contributed by atoms with van der Waals surface area (Å²) in [5, 5.41) is 0. The molecule has 18 heavy (non-hydrogen) atoms. The Hall–Kier alpha value is -1.13. The first-order valence-electron chi connectivity index (χ1n) is 6.57. The van der Waals surface area contributed by atoms with Crippen LogP contribution in [0.5, 0.6) is 0 Å². The highest BCUT2D eigenvalue weighted by Gasteiger charge is 2.23. The van der Waals surface area contributed by atoms with Gasteiger partial charge in [-0.15, -0.1) is 0 Å². The monoisotopic (exact) mass is 251 g/mol. The Morgan fingerprint density at radius 2 is 2.17 bits per heavy atom. The summed E-state index contributed by atoms with van der Waals surface area (Å²) in [6, 6.07) is 5.83. The quantitative estimate of drug-likeness (QED) is 0.833. The van der Waals surface area contributed by atoms with Crippen molar-refractivity contribution in [1.82, 2.24) is 9.80 Å². The minimum absolute atomic E-state index is 0.244. The van der Waals surface area contributed by atoms with E-state index in [4.69, 9.17) is 5.73 Å². The van der Waals surface area contributed by atoms with E-state index in [9.17, 15) is 4.39 Å². The van der Waals surface area contributed by atoms with Crippen molar-refractivity contribution in [3.63, 3.8) is 0 Å². The normalized spacial score (nSPS) is 22.3. The molecule has 1 aliphatic heterocycles. The molecule has 0 bridgehead atoms. The average Bonchev–Trinajstić information content (AvgIpc) is 2.37. The van der Waals surface area contributed by atoms with Crippen LogP contribution in [-0.2, 0) is 6.54 Å². The molecule has 1 saturated heterocycles. The largest absolute Gasteiger partial charge is 0.396 e. The van der Waals surface area contributed by atoms with Crippen molar-refractivity contribution in [2.45, 2.75) is 25.9 Å². The number of hydrogen-bond donors (Lipinski definition) is 1. The van der Waals surface area contributed by atoms with Gasteiger partial charge in [-0.05, 0) is 19.5 Å². The maximum absolute atomic E-state index is 13.9. The third-order valence-corrected chi connectivity index (χ3v) is 3.83. The van der Waals surface area contributed by atoms with Gasteiger partial charge < -0.3 is 10.6 Å². The number of nitrogen functional groups attached to an aromatic ring is 1. The molecular weight excluding hydrogens is 229 g/mol. The number of hydrogen-bond acceptors (Lipinski definition) is 3. The molecule has 0 radical (unpaired) electrons.